The summed E-state index contributed by atoms with van der Waals surface area (Å²) in [7, 11) is 0. The maximum atomic E-state index is 13.9. The number of para-hydroxylation sites is 2. The highest BCUT2D eigenvalue weighted by Gasteiger charge is 2.43. The first-order chi connectivity index (χ1) is 60.5. The summed E-state index contributed by atoms with van der Waals surface area (Å²) in [5.41, 5.74) is 27.0. The number of carbonyl (C=O) groups excluding carboxylic acids is 1. The van der Waals surface area contributed by atoms with Crippen LogP contribution in [0, 0.1) is 41.4 Å². The summed E-state index contributed by atoms with van der Waals surface area (Å²) >= 11 is 0. The van der Waals surface area contributed by atoms with E-state index in [1.54, 1.807) is 6.92 Å². The highest BCUT2D eigenvalue weighted by atomic mass is 16.2. The average molecular weight is 1690 g/mol. The molecule has 2 aliphatic heterocycles. The summed E-state index contributed by atoms with van der Waals surface area (Å²) in [6.45, 7) is 56.2. The van der Waals surface area contributed by atoms with Crippen molar-refractivity contribution in [2.75, 3.05) is 9.80 Å². The molecule has 7 heterocycles. The molecule has 0 N–H and O–H groups in total. The van der Waals surface area contributed by atoms with Gasteiger partial charge in [0.1, 0.15) is 28.5 Å². The van der Waals surface area contributed by atoms with Crippen LogP contribution in [0.3, 0.4) is 0 Å². The van der Waals surface area contributed by atoms with Crippen LogP contribution >= 0.6 is 0 Å². The van der Waals surface area contributed by atoms with Gasteiger partial charge in [-0.05, 0) is 225 Å². The molecule has 17 rings (SSSR count). The third-order valence-electron chi connectivity index (χ3n) is 28.0. The number of nitrogens with zero attached hydrogens (tertiary/aromatic N) is 17. The average Bonchev–Trinajstić information content (AvgIpc) is 1.10. The Bertz CT molecular complexity index is 6080. The molecule has 18 nitrogen and oxygen atoms in total. The van der Waals surface area contributed by atoms with E-state index in [0.29, 0.717) is 11.5 Å². The van der Waals surface area contributed by atoms with E-state index in [9.17, 15) is 4.79 Å². The van der Waals surface area contributed by atoms with E-state index < -0.39 is 0 Å². The zero-order valence-corrected chi connectivity index (χ0v) is 79.7. The number of carbonyl (C=O) groups is 1. The maximum Gasteiger partial charge on any atom is 0.259 e. The van der Waals surface area contributed by atoms with Gasteiger partial charge < -0.3 is 9.80 Å². The third-order valence-corrected chi connectivity index (χ3v) is 28.0. The highest BCUT2D eigenvalue weighted by Crippen LogP contribution is 2.53. The lowest BCUT2D eigenvalue weighted by Crippen LogP contribution is -2.48. The molecule has 5 aromatic heterocycles. The van der Waals surface area contributed by atoms with Crippen molar-refractivity contribution in [3.63, 3.8) is 0 Å². The quantitative estimate of drug-likeness (QED) is 0.0838. The number of hydrogen-bond acceptors (Lipinski definition) is 12. The number of rotatable bonds is 16. The molecule has 0 saturated carbocycles. The molecular formula is C109H129N17O. The Hall–Kier alpha value is -12.6. The van der Waals surface area contributed by atoms with E-state index in [4.69, 9.17) is 32.0 Å². The van der Waals surface area contributed by atoms with Gasteiger partial charge in [0.15, 0.2) is 0 Å². The molecule has 1 unspecified atom stereocenters. The molecule has 127 heavy (non-hydrogen) atoms. The van der Waals surface area contributed by atoms with Gasteiger partial charge in [0.25, 0.3) is 5.91 Å². The molecule has 4 aliphatic rings. The molecule has 1 atom stereocenters. The van der Waals surface area contributed by atoms with Gasteiger partial charge in [-0.25, -0.2) is 23.4 Å². The van der Waals surface area contributed by atoms with Crippen LogP contribution in [0.5, 0.6) is 0 Å². The Labute approximate surface area is 754 Å². The van der Waals surface area contributed by atoms with Gasteiger partial charge in [0.05, 0.1) is 61.9 Å². The van der Waals surface area contributed by atoms with Gasteiger partial charge in [-0.15, -0.1) is 31.9 Å². The minimum atomic E-state index is -0.351. The van der Waals surface area contributed by atoms with Crippen molar-refractivity contribution in [3.8, 4) is 149 Å². The molecule has 656 valence electrons. The van der Waals surface area contributed by atoms with Gasteiger partial charge >= 0.3 is 0 Å². The lowest BCUT2D eigenvalue weighted by atomic mass is 9.68. The Morgan fingerprint density at radius 2 is 0.614 bits per heavy atom. The van der Waals surface area contributed by atoms with Crippen LogP contribution in [0.4, 0.5) is 11.4 Å². The molecule has 13 aromatic rings. The highest BCUT2D eigenvalue weighted by molar-refractivity contribution is 6.15. The first-order valence-corrected chi connectivity index (χ1v) is 45.6. The van der Waals surface area contributed by atoms with Gasteiger partial charge in [-0.2, -0.15) is 0 Å². The van der Waals surface area contributed by atoms with E-state index in [2.05, 4.69) is 397 Å². The van der Waals surface area contributed by atoms with E-state index in [-0.39, 0.29) is 50.1 Å². The van der Waals surface area contributed by atoms with Crippen LogP contribution in [0.2, 0.25) is 0 Å². The number of anilines is 2. The zero-order valence-electron chi connectivity index (χ0n) is 79.7. The second-order valence-electron chi connectivity index (χ2n) is 38.8. The number of hydrogen-bond donors (Lipinski definition) is 0. The Morgan fingerprint density at radius 1 is 0.315 bits per heavy atom. The standard InChI is InChI=1S/C26H30N6.C26H33N3.C25H30N4O.C25H32N4.C7H4/c1-7-25(3,4)31-23-19-15-11-12-16-20(19)24-22(28-30-32(24)26(5,6)8-2)18-14-10-9-13-17(18)21(23)27-29-31;1-7-25(3,4)22-17-18-13-9-10-14-19(18)23-24(21-16-12-11-15-20(21)22)29(28-27-23)26(5,6)8-2;1-7-24(3,4)28-20-16-12-11-15-19(20)22-21(26-27-29(22)25(5,6)8-2)17-13-9-10-14-18(17)23(28)30;1-7-24(3,4)28-17-18-13-9-10-14-19(18)22-23(20-15-11-12-16-21(20)28)29(27-26-22)25(5,6)8-2;1-3-5-7-6-4-2/h9-16H,7-8H2,1-6H3;9-16,22H,7-8,17H2,1-6H3;9-16H,7-8H2,1-6H3;9-16H,7-8,17H2,1-6H3;1H,2H3. The van der Waals surface area contributed by atoms with Gasteiger partial charge in [0, 0.05) is 84.5 Å². The van der Waals surface area contributed by atoms with Crippen molar-refractivity contribution in [2.45, 2.75) is 282 Å². The van der Waals surface area contributed by atoms with E-state index in [0.717, 1.165) is 160 Å². The number of amides is 1. The van der Waals surface area contributed by atoms with Gasteiger partial charge in [0.2, 0.25) is 0 Å². The van der Waals surface area contributed by atoms with Gasteiger partial charge in [-0.3, -0.25) is 4.79 Å². The van der Waals surface area contributed by atoms with Crippen molar-refractivity contribution in [1.29, 1.82) is 0 Å². The molecule has 0 saturated heterocycles. The molecular weight excluding hydrogens is 1560 g/mol. The summed E-state index contributed by atoms with van der Waals surface area (Å²) in [5.74, 6) is 12.4. The van der Waals surface area contributed by atoms with Crippen LogP contribution in [0.25, 0.3) is 113 Å². The summed E-state index contributed by atoms with van der Waals surface area (Å²) < 4.78 is 10.5. The fraction of sp³-hybridized carbons (Fsp3) is 0.404. The lowest BCUT2D eigenvalue weighted by Gasteiger charge is -2.42. The van der Waals surface area contributed by atoms with Crippen LogP contribution in [-0.4, -0.2) is 92.0 Å². The Balaban J connectivity index is 0.000000141. The molecule has 0 bridgehead atoms. The molecule has 1 amide bonds. The van der Waals surface area contributed by atoms with E-state index in [1.807, 2.05) is 52.0 Å². The van der Waals surface area contributed by atoms with Crippen molar-refractivity contribution in [2.24, 2.45) is 5.41 Å². The predicted molar refractivity (Wildman–Crippen MR) is 522 cm³/mol. The van der Waals surface area contributed by atoms with Crippen LogP contribution in [0.15, 0.2) is 194 Å². The SMILES string of the molecule is C#CC#CC#CC.CCC(C)(C)C1Cc2ccccc2-c2nnn(C(C)(C)CC)c2-c2ccccc21.CCC(C)(C)N1C(=O)c2ccccc2-c2nnn(C(C)(C)CC)c2-c2ccccc21.CCC(C)(C)N1Cc2ccccc2-c2nnn(C(C)(C)CC)c2-c2ccccc21.CCC(C)(C)n1nnc2c1-c1ccccc1-c1c(nnn1C(C)(C)CC)-c1ccccc1-2. The van der Waals surface area contributed by atoms with Crippen molar-refractivity contribution < 1.29 is 4.79 Å². The lowest BCUT2D eigenvalue weighted by molar-refractivity contribution is 0.0961. The maximum absolute atomic E-state index is 13.9. The van der Waals surface area contributed by atoms with E-state index in [1.165, 1.54) is 44.6 Å². The molecule has 2 aliphatic carbocycles. The molecule has 8 aromatic carbocycles. The first-order valence-electron chi connectivity index (χ1n) is 45.6. The number of terminal acetylenes is 1. The molecule has 18 heteroatoms. The molecule has 0 spiro atoms. The van der Waals surface area contributed by atoms with Crippen molar-refractivity contribution in [1.82, 2.24) is 75.0 Å². The van der Waals surface area contributed by atoms with Crippen LogP contribution in [0.1, 0.15) is 257 Å². The van der Waals surface area contributed by atoms with E-state index >= 15 is 0 Å². The third kappa shape index (κ3) is 17.4. The summed E-state index contributed by atoms with van der Waals surface area (Å²) in [5, 5.41) is 46.8. The van der Waals surface area contributed by atoms with Gasteiger partial charge in [-0.1, -0.05) is 284 Å². The smallest absolute Gasteiger partial charge is 0.259 e. The number of aromatic nitrogens is 15. The van der Waals surface area contributed by atoms with Crippen molar-refractivity contribution >= 4 is 17.3 Å². The fourth-order valence-corrected chi connectivity index (χ4v) is 17.1. The fourth-order valence-electron chi connectivity index (χ4n) is 17.1. The summed E-state index contributed by atoms with van der Waals surface area (Å²) in [4.78, 5) is 18.4. The predicted octanol–water partition coefficient (Wildman–Crippen LogP) is 25.8. The topological polar surface area (TPSA) is 177 Å². The minimum absolute atomic E-state index is 0.000137. The number of benzene rings is 8. The summed E-state index contributed by atoms with van der Waals surface area (Å²) in [6.07, 6.45) is 13.6. The minimum Gasteiger partial charge on any atom is -0.362 e. The normalized spacial score (nSPS) is 13.7. The molecule has 0 radical (unpaired) electrons. The summed E-state index contributed by atoms with van der Waals surface area (Å²) in [6, 6.07) is 67.9. The number of fused-ring (bicyclic) bond motifs is 23. The van der Waals surface area contributed by atoms with Crippen LogP contribution in [-0.2, 0) is 40.7 Å². The molecule has 0 fully saturated rings. The first kappa shape index (κ1) is 92.1. The zero-order chi connectivity index (χ0) is 91.5. The second-order valence-corrected chi connectivity index (χ2v) is 38.8. The largest absolute Gasteiger partial charge is 0.362 e. The Morgan fingerprint density at radius 3 is 1.01 bits per heavy atom. The van der Waals surface area contributed by atoms with Crippen LogP contribution < -0.4 is 9.80 Å². The second kappa shape index (κ2) is 36.8. The monoisotopic (exact) mass is 1690 g/mol. The Kier molecular flexibility index (Phi) is 26.7. The van der Waals surface area contributed by atoms with Crippen molar-refractivity contribution in [3.05, 3.63) is 216 Å².